The van der Waals surface area contributed by atoms with Gasteiger partial charge < -0.3 is 0 Å². The molecule has 0 aliphatic heterocycles. The van der Waals surface area contributed by atoms with Gasteiger partial charge in [-0.3, -0.25) is 15.0 Å². The molecule has 0 unspecified atom stereocenters. The third-order valence-corrected chi connectivity index (χ3v) is 29.3. The predicted octanol–water partition coefficient (Wildman–Crippen LogP) is 36.6. The molecule has 7 heterocycles. The topological polar surface area (TPSA) is 90.2 Å². The maximum absolute atomic E-state index is 5.15. The van der Waals surface area contributed by atoms with Crippen molar-refractivity contribution in [1.29, 1.82) is 0 Å². The second-order valence-electron chi connectivity index (χ2n) is 37.5. The van der Waals surface area contributed by atoms with Gasteiger partial charge in [0.1, 0.15) is 0 Å². The molecule has 30 aromatic rings. The van der Waals surface area contributed by atoms with Crippen LogP contribution in [0.25, 0.3) is 295 Å². The van der Waals surface area contributed by atoms with E-state index in [1.54, 1.807) is 0 Å². The van der Waals surface area contributed by atoms with E-state index in [1.165, 1.54) is 170 Å². The van der Waals surface area contributed by atoms with Crippen molar-refractivity contribution in [2.45, 2.75) is 0 Å². The van der Waals surface area contributed by atoms with Crippen LogP contribution in [0.15, 0.2) is 504 Å². The third kappa shape index (κ3) is 14.1. The van der Waals surface area contributed by atoms with Crippen molar-refractivity contribution in [1.82, 2.24) is 34.9 Å². The lowest BCUT2D eigenvalue weighted by molar-refractivity contribution is 1.40. The Bertz CT molecular complexity index is 10500. The minimum Gasteiger partial charge on any atom is -0.254 e. The van der Waals surface area contributed by atoms with Gasteiger partial charge >= 0.3 is 0 Å². The van der Waals surface area contributed by atoms with Crippen molar-refractivity contribution >= 4 is 195 Å². The Labute approximate surface area is 828 Å². The fourth-order valence-electron chi connectivity index (χ4n) is 22.8. The van der Waals surface area contributed by atoms with Crippen LogP contribution >= 0.6 is 0 Å². The van der Waals surface area contributed by atoms with Gasteiger partial charge in [-0.15, -0.1) is 0 Å². The summed E-state index contributed by atoms with van der Waals surface area (Å²) >= 11 is 0. The van der Waals surface area contributed by atoms with Crippen LogP contribution in [0.2, 0.25) is 0 Å². The summed E-state index contributed by atoms with van der Waals surface area (Å²) in [6, 6.07) is 175. The van der Waals surface area contributed by atoms with Gasteiger partial charge in [-0.05, 0) is 237 Å². The van der Waals surface area contributed by atoms with Gasteiger partial charge in [-0.25, -0.2) is 19.9 Å². The lowest BCUT2D eigenvalue weighted by Crippen LogP contribution is -1.93. The lowest BCUT2D eigenvalue weighted by atomic mass is 9.85. The van der Waals surface area contributed by atoms with Crippen LogP contribution in [-0.2, 0) is 0 Å². The molecule has 7 aromatic heterocycles. The molecule has 23 aromatic carbocycles. The number of pyridine rings is 7. The van der Waals surface area contributed by atoms with Gasteiger partial charge in [-0.2, -0.15) is 0 Å². The number of benzene rings is 23. The zero-order chi connectivity index (χ0) is 94.8. The van der Waals surface area contributed by atoms with Crippen LogP contribution in [0, 0.1) is 0 Å². The number of hydrogen-bond acceptors (Lipinski definition) is 7. The van der Waals surface area contributed by atoms with Crippen molar-refractivity contribution in [2.24, 2.45) is 0 Å². The largest absolute Gasteiger partial charge is 0.254 e. The summed E-state index contributed by atoms with van der Waals surface area (Å²) in [4.78, 5) is 34.6. The first kappa shape index (κ1) is 83.0. The molecule has 7 heteroatoms. The van der Waals surface area contributed by atoms with Gasteiger partial charge in [0.05, 0.1) is 60.9 Å². The molecule has 0 aliphatic carbocycles. The number of hydrogen-bond donors (Lipinski definition) is 0. The van der Waals surface area contributed by atoms with Crippen LogP contribution in [0.1, 0.15) is 0 Å². The Morgan fingerprint density at radius 2 is 0.382 bits per heavy atom. The van der Waals surface area contributed by atoms with Gasteiger partial charge in [0, 0.05) is 94.7 Å². The zero-order valence-electron chi connectivity index (χ0n) is 78.1. The molecule has 0 radical (unpaired) electrons. The summed E-state index contributed by atoms with van der Waals surface area (Å²) in [5, 5.41) is 31.1. The molecular weight excluding hydrogens is 1740 g/mol. The molecule has 0 bridgehead atoms. The maximum Gasteiger partial charge on any atom is 0.0978 e. The number of nitrogens with zero attached hydrogens (tertiary/aromatic N) is 7. The van der Waals surface area contributed by atoms with E-state index in [1.807, 2.05) is 48.9 Å². The Morgan fingerprint density at radius 1 is 0.118 bits per heavy atom. The molecule has 0 saturated carbocycles. The molecule has 30 rings (SSSR count). The number of fused-ring (bicyclic) bond motifs is 21. The molecule has 7 nitrogen and oxygen atoms in total. The van der Waals surface area contributed by atoms with Crippen molar-refractivity contribution in [2.75, 3.05) is 0 Å². The minimum absolute atomic E-state index is 0.930. The second kappa shape index (κ2) is 34.4. The zero-order valence-corrected chi connectivity index (χ0v) is 78.1. The lowest BCUT2D eigenvalue weighted by Gasteiger charge is -2.19. The second-order valence-corrected chi connectivity index (χ2v) is 37.5. The average molecular weight is 1830 g/mol. The highest BCUT2D eigenvalue weighted by Gasteiger charge is 2.25. The van der Waals surface area contributed by atoms with Gasteiger partial charge in [0.2, 0.25) is 0 Å². The first-order valence-corrected chi connectivity index (χ1v) is 49.1. The van der Waals surface area contributed by atoms with Crippen LogP contribution in [0.5, 0.6) is 0 Å². The predicted molar refractivity (Wildman–Crippen MR) is 608 cm³/mol. The standard InChI is InChI=1S/C50H30N2.C46H28N2.C41H25N3/c1-2-11-33-28-36(22-19-31(33)10-1)46-39-13-3-5-15-41(39)47(42-16-6-4-14-40(42)46)37-23-20-35-30-38(24-21-34(35)29-37)48-43-17-7-8-18-45(43)52-50-44(48)26-25-32-12-9-27-51-49(32)50;1-2-12-31-27-34(23-22-29(31)11-1)43-37-18-5-3-16-35(37)42(36-17-4-6-19-38(36)43)32-13-9-14-33(28-32)44-39-20-7-8-21-41(39)48-46-40(44)25-24-30-15-10-26-47-45(30)46;1-5-13-36-27(8-1)20-24-37(43-36)28-17-15-26(16-18-28)30-22-23-33(32-11-3-2-10-31(30)32)39-34-12-4-6-14-38(34)44-41-35(39)21-19-29-9-7-25-42-40(29)41/h1-30H;1-28H;1-25H. The highest BCUT2D eigenvalue weighted by Crippen LogP contribution is 2.51. The average Bonchev–Trinajstić information content (AvgIpc) is 0.773. The quantitative estimate of drug-likeness (QED) is 0.105. The molecule has 144 heavy (non-hydrogen) atoms. The molecule has 0 spiro atoms. The molecule has 666 valence electrons. The highest BCUT2D eigenvalue weighted by atomic mass is 14.8. The number of para-hydroxylation sites is 4. The van der Waals surface area contributed by atoms with E-state index in [9.17, 15) is 0 Å². The molecule has 0 saturated heterocycles. The monoisotopic (exact) mass is 1830 g/mol. The summed E-state index contributed by atoms with van der Waals surface area (Å²) in [7, 11) is 0. The summed E-state index contributed by atoms with van der Waals surface area (Å²) in [5.74, 6) is 0. The van der Waals surface area contributed by atoms with Crippen LogP contribution in [0.3, 0.4) is 0 Å². The van der Waals surface area contributed by atoms with E-state index in [2.05, 4.69) is 455 Å². The Balaban J connectivity index is 0.000000105. The summed E-state index contributed by atoms with van der Waals surface area (Å²) in [6.45, 7) is 0. The molecule has 0 atom stereocenters. The van der Waals surface area contributed by atoms with Gasteiger partial charge in [-0.1, -0.05) is 406 Å². The third-order valence-electron chi connectivity index (χ3n) is 29.3. The fraction of sp³-hybridized carbons (Fsp3) is 0. The molecule has 0 N–H and O–H groups in total. The van der Waals surface area contributed by atoms with E-state index in [-0.39, 0.29) is 0 Å². The van der Waals surface area contributed by atoms with Crippen molar-refractivity contribution in [3.05, 3.63) is 504 Å². The highest BCUT2D eigenvalue weighted by molar-refractivity contribution is 6.27. The van der Waals surface area contributed by atoms with E-state index in [0.29, 0.717) is 0 Å². The molecular formula is C137H83N7. The first-order valence-electron chi connectivity index (χ1n) is 49.1. The van der Waals surface area contributed by atoms with E-state index < -0.39 is 0 Å². The number of aromatic nitrogens is 7. The van der Waals surface area contributed by atoms with Crippen molar-refractivity contribution in [3.63, 3.8) is 0 Å². The Hall–Kier alpha value is -19.2. The molecule has 0 aliphatic rings. The summed E-state index contributed by atoms with van der Waals surface area (Å²) < 4.78 is 0. The molecule has 0 fully saturated rings. The smallest absolute Gasteiger partial charge is 0.0978 e. The van der Waals surface area contributed by atoms with Gasteiger partial charge in [0.25, 0.3) is 0 Å². The van der Waals surface area contributed by atoms with Gasteiger partial charge in [0.15, 0.2) is 0 Å². The van der Waals surface area contributed by atoms with Crippen LogP contribution in [-0.4, -0.2) is 34.9 Å². The minimum atomic E-state index is 0.930. The van der Waals surface area contributed by atoms with Crippen LogP contribution < -0.4 is 0 Å². The van der Waals surface area contributed by atoms with Crippen molar-refractivity contribution in [3.8, 4) is 100 Å². The normalized spacial score (nSPS) is 11.8. The Kier molecular flexibility index (Phi) is 19.9. The maximum atomic E-state index is 5.15. The fourth-order valence-corrected chi connectivity index (χ4v) is 22.8. The number of rotatable bonds is 9. The summed E-state index contributed by atoms with van der Waals surface area (Å²) in [6.07, 6.45) is 5.57. The first-order chi connectivity index (χ1) is 71.4. The van der Waals surface area contributed by atoms with E-state index in [4.69, 9.17) is 34.9 Å². The SMILES string of the molecule is c1cc(-c2c3ccccc3c(-c3ccc4ccccc4c3)c3ccccc23)cc(-c2c3ccccc3nc3c2ccc2cccnc23)c1.c1ccc2cc(-c3c4ccccc4c(-c4ccc5cc(-c6c7ccccc7nc7c6ccc6cccnc67)ccc5c4)c4ccccc34)ccc2c1.c1ccc2nc(-c3ccc(-c4ccc(-c5c6ccccc6nc6c5ccc5cccnc56)c5ccccc45)cc3)ccc2c1. The Morgan fingerprint density at radius 3 is 0.785 bits per heavy atom. The van der Waals surface area contributed by atoms with Crippen molar-refractivity contribution < 1.29 is 0 Å². The molecule has 0 amide bonds. The van der Waals surface area contributed by atoms with E-state index in [0.717, 1.165) is 126 Å². The summed E-state index contributed by atoms with van der Waals surface area (Å²) in [5.41, 5.74) is 31.1. The van der Waals surface area contributed by atoms with Crippen LogP contribution in [0.4, 0.5) is 0 Å². The van der Waals surface area contributed by atoms with E-state index >= 15 is 0 Å².